The molecule has 1 saturated heterocycles. The molecule has 2 unspecified atom stereocenters. The van der Waals surface area contributed by atoms with E-state index in [0.717, 1.165) is 40.1 Å². The first-order chi connectivity index (χ1) is 22.0. The van der Waals surface area contributed by atoms with E-state index in [2.05, 4.69) is 10.3 Å². The third-order valence-corrected chi connectivity index (χ3v) is 9.93. The summed E-state index contributed by atoms with van der Waals surface area (Å²) < 4.78 is 55.4. The molecule has 3 atom stereocenters. The Balaban J connectivity index is 1.26. The number of amides is 3. The lowest BCUT2D eigenvalue weighted by atomic mass is 9.83. The zero-order valence-corrected chi connectivity index (χ0v) is 25.7. The predicted molar refractivity (Wildman–Crippen MR) is 164 cm³/mol. The number of aromatic amines is 1. The number of thioether (sulfide) groups is 1. The van der Waals surface area contributed by atoms with Crippen LogP contribution in [0.1, 0.15) is 21.9 Å². The third kappa shape index (κ3) is 5.83. The zero-order chi connectivity index (χ0) is 32.7. The van der Waals surface area contributed by atoms with Gasteiger partial charge in [-0.25, -0.2) is 4.90 Å². The molecule has 238 valence electrons. The first-order valence-corrected chi connectivity index (χ1v) is 15.4. The van der Waals surface area contributed by atoms with Crippen molar-refractivity contribution in [3.63, 3.8) is 0 Å². The van der Waals surface area contributed by atoms with E-state index in [1.165, 1.54) is 32.4 Å². The maximum atomic E-state index is 13.9. The molecule has 2 N–H and O–H groups in total. The number of imide groups is 1. The van der Waals surface area contributed by atoms with E-state index in [1.807, 2.05) is 0 Å². The first kappa shape index (κ1) is 31.2. The van der Waals surface area contributed by atoms with Crippen molar-refractivity contribution in [2.75, 3.05) is 31.0 Å². The van der Waals surface area contributed by atoms with Crippen LogP contribution >= 0.6 is 23.1 Å². The van der Waals surface area contributed by atoms with Crippen LogP contribution < -0.4 is 29.3 Å². The summed E-state index contributed by atoms with van der Waals surface area (Å²) >= 11 is 2.10. The van der Waals surface area contributed by atoms with E-state index in [-0.39, 0.29) is 22.1 Å². The third-order valence-electron chi connectivity index (χ3n) is 7.53. The van der Waals surface area contributed by atoms with Gasteiger partial charge in [-0.15, -0.1) is 0 Å². The number of anilines is 2. The van der Waals surface area contributed by atoms with Crippen molar-refractivity contribution in [1.29, 1.82) is 0 Å². The van der Waals surface area contributed by atoms with Gasteiger partial charge >= 0.3 is 11.0 Å². The number of carbonyl (C=O) groups excluding carboxylic acids is 3. The van der Waals surface area contributed by atoms with Gasteiger partial charge in [-0.3, -0.25) is 19.2 Å². The van der Waals surface area contributed by atoms with Gasteiger partial charge in [0.25, 0.3) is 5.91 Å². The molecular formula is C31H24F3N3O7S2. The number of rotatable bonds is 8. The number of hydrogen-bond acceptors (Lipinski definition) is 9. The standard InChI is InChI=1S/C31H24F3N3O7S2/c1-42-19-9-7-18(8-10-19)37-28(39)24-23(25-27(36-30(41)46-25)45-26(24)29(37)40)15-6-11-20(21(12-15)43-2)44-14-22(38)35-17-5-3-4-16(13-17)31(32,33)34/h3-13,23-24,26H,14H2,1-2H3,(H,35,38)(H,36,41)/t23-,24?,26?/m1/s1. The molecule has 0 aliphatic carbocycles. The van der Waals surface area contributed by atoms with Crippen molar-refractivity contribution >= 4 is 52.2 Å². The summed E-state index contributed by atoms with van der Waals surface area (Å²) in [5, 5.41) is 2.07. The van der Waals surface area contributed by atoms with Crippen molar-refractivity contribution in [2.45, 2.75) is 22.4 Å². The number of carbonyl (C=O) groups is 3. The van der Waals surface area contributed by atoms with Gasteiger partial charge in [-0.1, -0.05) is 35.2 Å². The van der Waals surface area contributed by atoms with Crippen LogP contribution in [0.3, 0.4) is 0 Å². The van der Waals surface area contributed by atoms with Gasteiger partial charge in [-0.05, 0) is 60.2 Å². The molecule has 3 heterocycles. The minimum atomic E-state index is -4.56. The number of halogens is 3. The molecule has 3 amide bonds. The Morgan fingerprint density at radius 1 is 0.957 bits per heavy atom. The lowest BCUT2D eigenvalue weighted by Gasteiger charge is -2.30. The number of methoxy groups -OCH3 is 2. The molecule has 1 fully saturated rings. The highest BCUT2D eigenvalue weighted by atomic mass is 32.2. The number of hydrogen-bond donors (Lipinski definition) is 2. The fourth-order valence-corrected chi connectivity index (χ4v) is 7.99. The molecule has 3 aromatic carbocycles. The number of nitrogens with one attached hydrogen (secondary N) is 2. The monoisotopic (exact) mass is 671 g/mol. The number of benzene rings is 3. The fourth-order valence-electron chi connectivity index (χ4n) is 5.47. The Kier molecular flexibility index (Phi) is 8.29. The second-order valence-corrected chi connectivity index (χ2v) is 12.5. The van der Waals surface area contributed by atoms with E-state index in [9.17, 15) is 32.3 Å². The minimum absolute atomic E-state index is 0.0452. The number of fused-ring (bicyclic) bond motifs is 2. The highest BCUT2D eigenvalue weighted by Gasteiger charge is 2.56. The maximum Gasteiger partial charge on any atom is 0.416 e. The van der Waals surface area contributed by atoms with Gasteiger partial charge in [0.1, 0.15) is 11.0 Å². The molecule has 0 radical (unpaired) electrons. The van der Waals surface area contributed by atoms with E-state index < -0.39 is 53.2 Å². The SMILES string of the molecule is COc1ccc(N2C(=O)C3Sc4[nH]c(=O)sc4[C@H](c4ccc(OCC(=O)Nc5cccc(C(F)(F)F)c5)c(OC)c4)C3C2=O)cc1. The molecule has 2 aliphatic rings. The smallest absolute Gasteiger partial charge is 0.416 e. The fraction of sp³-hybridized carbons (Fsp3) is 0.226. The predicted octanol–water partition coefficient (Wildman–Crippen LogP) is 5.29. The maximum absolute atomic E-state index is 13.9. The number of aromatic nitrogens is 1. The number of thiazole rings is 1. The van der Waals surface area contributed by atoms with Crippen LogP contribution in [0.4, 0.5) is 24.5 Å². The number of alkyl halides is 3. The normalized spacial score (nSPS) is 19.0. The summed E-state index contributed by atoms with van der Waals surface area (Å²) in [6.45, 7) is -0.538. The second-order valence-electron chi connectivity index (χ2n) is 10.3. The van der Waals surface area contributed by atoms with Crippen LogP contribution in [-0.4, -0.2) is 48.8 Å². The molecule has 0 saturated carbocycles. The highest BCUT2D eigenvalue weighted by Crippen LogP contribution is 2.54. The van der Waals surface area contributed by atoms with Crippen molar-refractivity contribution in [3.05, 3.63) is 92.4 Å². The molecule has 0 bridgehead atoms. The quantitative estimate of drug-likeness (QED) is 0.242. The van der Waals surface area contributed by atoms with Crippen LogP contribution in [0.15, 0.2) is 76.6 Å². The van der Waals surface area contributed by atoms with Crippen LogP contribution in [0.5, 0.6) is 17.2 Å². The van der Waals surface area contributed by atoms with Crippen LogP contribution in [-0.2, 0) is 20.6 Å². The summed E-state index contributed by atoms with van der Waals surface area (Å²) in [7, 11) is 2.89. The molecule has 10 nitrogen and oxygen atoms in total. The number of H-pyrrole nitrogens is 1. The Bertz CT molecular complexity index is 1890. The summed E-state index contributed by atoms with van der Waals surface area (Å²) in [5.74, 6) is -2.13. The van der Waals surface area contributed by atoms with Crippen molar-refractivity contribution < 1.29 is 41.8 Å². The van der Waals surface area contributed by atoms with Crippen molar-refractivity contribution in [2.24, 2.45) is 5.92 Å². The molecule has 6 rings (SSSR count). The summed E-state index contributed by atoms with van der Waals surface area (Å²) in [5.41, 5.74) is 0.0153. The van der Waals surface area contributed by atoms with Gasteiger partial charge < -0.3 is 24.5 Å². The largest absolute Gasteiger partial charge is 0.497 e. The Hall–Kier alpha value is -4.76. The first-order valence-electron chi connectivity index (χ1n) is 13.7. The van der Waals surface area contributed by atoms with Gasteiger partial charge in [0.15, 0.2) is 18.1 Å². The molecule has 0 spiro atoms. The van der Waals surface area contributed by atoms with E-state index in [4.69, 9.17) is 14.2 Å². The molecule has 4 aromatic rings. The number of nitrogens with zero attached hydrogens (tertiary/aromatic N) is 1. The second kappa shape index (κ2) is 12.2. The van der Waals surface area contributed by atoms with E-state index in [1.54, 1.807) is 36.4 Å². The van der Waals surface area contributed by atoms with E-state index >= 15 is 0 Å². The average molecular weight is 672 g/mol. The average Bonchev–Trinajstić information content (AvgIpc) is 3.53. The van der Waals surface area contributed by atoms with Crippen molar-refractivity contribution in [3.8, 4) is 17.2 Å². The summed E-state index contributed by atoms with van der Waals surface area (Å²) in [6, 6.07) is 15.6. The minimum Gasteiger partial charge on any atom is -0.497 e. The summed E-state index contributed by atoms with van der Waals surface area (Å²) in [4.78, 5) is 56.7. The Morgan fingerprint density at radius 2 is 1.72 bits per heavy atom. The number of ether oxygens (including phenoxy) is 3. The lowest BCUT2D eigenvalue weighted by Crippen LogP contribution is -2.32. The zero-order valence-electron chi connectivity index (χ0n) is 24.0. The Labute approximate surface area is 267 Å². The highest BCUT2D eigenvalue weighted by molar-refractivity contribution is 8.00. The molecule has 2 aliphatic heterocycles. The van der Waals surface area contributed by atoms with E-state index in [0.29, 0.717) is 26.9 Å². The molecule has 1 aromatic heterocycles. The molecule has 15 heteroatoms. The van der Waals surface area contributed by atoms with Gasteiger partial charge in [0, 0.05) is 16.5 Å². The topological polar surface area (TPSA) is 127 Å². The molecule has 46 heavy (non-hydrogen) atoms. The van der Waals surface area contributed by atoms with Crippen LogP contribution in [0.25, 0.3) is 0 Å². The summed E-state index contributed by atoms with van der Waals surface area (Å²) in [6.07, 6.45) is -4.56. The Morgan fingerprint density at radius 3 is 2.41 bits per heavy atom. The van der Waals surface area contributed by atoms with Gasteiger partial charge in [-0.2, -0.15) is 13.2 Å². The van der Waals surface area contributed by atoms with Gasteiger partial charge in [0.05, 0.1) is 36.4 Å². The molecular weight excluding hydrogens is 647 g/mol. The lowest BCUT2D eigenvalue weighted by molar-refractivity contribution is -0.137. The van der Waals surface area contributed by atoms with Crippen LogP contribution in [0.2, 0.25) is 0 Å². The van der Waals surface area contributed by atoms with Gasteiger partial charge in [0.2, 0.25) is 11.8 Å². The van der Waals surface area contributed by atoms with Crippen molar-refractivity contribution in [1.82, 2.24) is 4.98 Å². The van der Waals surface area contributed by atoms with Crippen LogP contribution in [0, 0.1) is 5.92 Å².